The fourth-order valence-corrected chi connectivity index (χ4v) is 4.48. The molecule has 0 atom stereocenters. The Labute approximate surface area is 212 Å². The summed E-state index contributed by atoms with van der Waals surface area (Å²) in [7, 11) is 2.84. The zero-order valence-corrected chi connectivity index (χ0v) is 20.6. The first-order valence-corrected chi connectivity index (χ1v) is 11.8. The molecule has 2 amide bonds. The molecule has 3 aromatic carbocycles. The largest absolute Gasteiger partial charge is 0.467 e. The van der Waals surface area contributed by atoms with E-state index < -0.39 is 11.5 Å². The summed E-state index contributed by atoms with van der Waals surface area (Å²) in [5.74, 6) is -1.19. The van der Waals surface area contributed by atoms with Crippen molar-refractivity contribution in [3.63, 3.8) is 0 Å². The predicted molar refractivity (Wildman–Crippen MR) is 137 cm³/mol. The second kappa shape index (κ2) is 9.20. The van der Waals surface area contributed by atoms with Gasteiger partial charge >= 0.3 is 5.97 Å². The highest BCUT2D eigenvalue weighted by molar-refractivity contribution is 6.12. The van der Waals surface area contributed by atoms with Crippen molar-refractivity contribution in [1.82, 2.24) is 10.6 Å². The van der Waals surface area contributed by atoms with Gasteiger partial charge in [-0.1, -0.05) is 12.1 Å². The number of carbonyl (C=O) groups excluding carboxylic acids is 3. The molecule has 7 nitrogen and oxygen atoms in total. The number of ether oxygens (including phenoxy) is 1. The number of halogens is 1. The Bertz CT molecular complexity index is 1550. The van der Waals surface area contributed by atoms with Crippen LogP contribution in [0.4, 0.5) is 4.39 Å². The molecule has 1 fully saturated rings. The van der Waals surface area contributed by atoms with E-state index in [1.54, 1.807) is 30.3 Å². The number of carbonyl (C=O) groups is 3. The minimum atomic E-state index is -0.953. The van der Waals surface area contributed by atoms with Crippen LogP contribution in [-0.2, 0) is 9.53 Å². The van der Waals surface area contributed by atoms with Gasteiger partial charge < -0.3 is 19.8 Å². The number of furan rings is 1. The fraction of sp³-hybridized carbons (Fsp3) is 0.207. The van der Waals surface area contributed by atoms with Crippen LogP contribution in [0.3, 0.4) is 0 Å². The van der Waals surface area contributed by atoms with Crippen LogP contribution in [0, 0.1) is 12.7 Å². The van der Waals surface area contributed by atoms with Gasteiger partial charge in [-0.2, -0.15) is 0 Å². The third-order valence-corrected chi connectivity index (χ3v) is 6.74. The second-order valence-corrected chi connectivity index (χ2v) is 9.16. The average Bonchev–Trinajstić information content (AvgIpc) is 3.59. The van der Waals surface area contributed by atoms with E-state index in [1.165, 1.54) is 26.3 Å². The van der Waals surface area contributed by atoms with E-state index in [-0.39, 0.29) is 17.6 Å². The fourth-order valence-electron chi connectivity index (χ4n) is 4.48. The summed E-state index contributed by atoms with van der Waals surface area (Å²) in [4.78, 5) is 37.9. The van der Waals surface area contributed by atoms with Gasteiger partial charge in [-0.05, 0) is 85.0 Å². The molecule has 37 heavy (non-hydrogen) atoms. The van der Waals surface area contributed by atoms with E-state index in [9.17, 15) is 18.8 Å². The van der Waals surface area contributed by atoms with Crippen molar-refractivity contribution in [2.75, 3.05) is 14.2 Å². The molecule has 1 aliphatic rings. The van der Waals surface area contributed by atoms with Gasteiger partial charge in [-0.3, -0.25) is 9.59 Å². The Kier molecular flexibility index (Phi) is 6.03. The molecule has 1 aromatic heterocycles. The predicted octanol–water partition coefficient (Wildman–Crippen LogP) is 5.01. The molecule has 0 aliphatic heterocycles. The van der Waals surface area contributed by atoms with Gasteiger partial charge in [-0.25, -0.2) is 9.18 Å². The lowest BCUT2D eigenvalue weighted by molar-refractivity contribution is -0.144. The van der Waals surface area contributed by atoms with Gasteiger partial charge in [0.05, 0.1) is 12.7 Å². The van der Waals surface area contributed by atoms with Crippen molar-refractivity contribution < 1.29 is 27.9 Å². The summed E-state index contributed by atoms with van der Waals surface area (Å²) in [6.07, 6.45) is 1.08. The monoisotopic (exact) mass is 500 g/mol. The number of hydrogen-bond donors (Lipinski definition) is 2. The van der Waals surface area contributed by atoms with Gasteiger partial charge in [-0.15, -0.1) is 0 Å². The van der Waals surface area contributed by atoms with Crippen molar-refractivity contribution in [3.8, 4) is 22.5 Å². The number of amides is 2. The molecule has 0 saturated heterocycles. The van der Waals surface area contributed by atoms with E-state index in [4.69, 9.17) is 9.15 Å². The van der Waals surface area contributed by atoms with Crippen LogP contribution in [-0.4, -0.2) is 37.5 Å². The summed E-state index contributed by atoms with van der Waals surface area (Å²) < 4.78 is 24.4. The number of rotatable bonds is 6. The molecule has 188 valence electrons. The van der Waals surface area contributed by atoms with Crippen LogP contribution >= 0.6 is 0 Å². The summed E-state index contributed by atoms with van der Waals surface area (Å²) >= 11 is 0. The molecule has 2 N–H and O–H groups in total. The van der Waals surface area contributed by atoms with Crippen molar-refractivity contribution >= 4 is 28.8 Å². The molecule has 0 unspecified atom stereocenters. The number of hydrogen-bond acceptors (Lipinski definition) is 5. The van der Waals surface area contributed by atoms with Crippen LogP contribution < -0.4 is 10.6 Å². The number of benzene rings is 3. The van der Waals surface area contributed by atoms with Crippen molar-refractivity contribution in [1.29, 1.82) is 0 Å². The Hall–Kier alpha value is -4.46. The van der Waals surface area contributed by atoms with E-state index >= 15 is 0 Å². The van der Waals surface area contributed by atoms with Crippen LogP contribution in [0.2, 0.25) is 0 Å². The van der Waals surface area contributed by atoms with Crippen LogP contribution in [0.1, 0.15) is 39.1 Å². The molecule has 1 saturated carbocycles. The molecule has 5 rings (SSSR count). The highest BCUT2D eigenvalue weighted by atomic mass is 19.1. The Morgan fingerprint density at radius 1 is 0.946 bits per heavy atom. The number of nitrogens with one attached hydrogen (secondary N) is 2. The first kappa shape index (κ1) is 24.2. The standard InChI is InChI=1S/C29H25FN2O5/c1-16-4-5-19(26(33)32-29(12-13-29)28(35)36-3)15-21(16)18-8-11-23-22(14-18)24(27(34)31-2)25(37-23)17-6-9-20(30)10-7-17/h4-11,14-15H,12-13H2,1-3H3,(H,31,34)(H,32,33). The van der Waals surface area contributed by atoms with Gasteiger partial charge in [0.15, 0.2) is 0 Å². The zero-order chi connectivity index (χ0) is 26.3. The van der Waals surface area contributed by atoms with Crippen molar-refractivity contribution in [2.24, 2.45) is 0 Å². The maximum absolute atomic E-state index is 13.5. The van der Waals surface area contributed by atoms with Gasteiger partial charge in [0.25, 0.3) is 11.8 Å². The number of esters is 1. The summed E-state index contributed by atoms with van der Waals surface area (Å²) in [6.45, 7) is 1.93. The maximum Gasteiger partial charge on any atom is 0.331 e. The summed E-state index contributed by atoms with van der Waals surface area (Å²) in [5, 5.41) is 6.06. The quantitative estimate of drug-likeness (QED) is 0.363. The lowest BCUT2D eigenvalue weighted by Gasteiger charge is -2.16. The third-order valence-electron chi connectivity index (χ3n) is 6.74. The number of fused-ring (bicyclic) bond motifs is 1. The smallest absolute Gasteiger partial charge is 0.331 e. The maximum atomic E-state index is 13.5. The molecule has 0 bridgehead atoms. The molecular weight excluding hydrogens is 475 g/mol. The molecule has 1 heterocycles. The Balaban J connectivity index is 1.57. The Morgan fingerprint density at radius 2 is 1.65 bits per heavy atom. The van der Waals surface area contributed by atoms with E-state index in [0.29, 0.717) is 46.3 Å². The summed E-state index contributed by atoms with van der Waals surface area (Å²) in [5.41, 5.74) is 3.37. The Morgan fingerprint density at radius 3 is 2.30 bits per heavy atom. The normalized spacial score (nSPS) is 13.7. The van der Waals surface area contributed by atoms with Crippen LogP contribution in [0.15, 0.2) is 65.1 Å². The number of aryl methyl sites for hydroxylation is 1. The van der Waals surface area contributed by atoms with Crippen LogP contribution in [0.5, 0.6) is 0 Å². The number of methoxy groups -OCH3 is 1. The zero-order valence-electron chi connectivity index (χ0n) is 20.6. The SMILES string of the molecule is CNC(=O)c1c(-c2ccc(F)cc2)oc2ccc(-c3cc(C(=O)NC4(C(=O)OC)CC4)ccc3C)cc12. The van der Waals surface area contributed by atoms with E-state index in [0.717, 1.165) is 16.7 Å². The van der Waals surface area contributed by atoms with Crippen LogP contribution in [0.25, 0.3) is 33.4 Å². The third kappa shape index (κ3) is 4.35. The molecular formula is C29H25FN2O5. The molecule has 4 aromatic rings. The highest BCUT2D eigenvalue weighted by Gasteiger charge is 2.52. The molecule has 0 radical (unpaired) electrons. The first-order valence-electron chi connectivity index (χ1n) is 11.8. The van der Waals surface area contributed by atoms with Gasteiger partial charge in [0.1, 0.15) is 22.7 Å². The average molecular weight is 501 g/mol. The lowest BCUT2D eigenvalue weighted by Crippen LogP contribution is -2.43. The molecule has 8 heteroatoms. The topological polar surface area (TPSA) is 97.6 Å². The van der Waals surface area contributed by atoms with E-state index in [1.807, 2.05) is 25.1 Å². The molecule has 0 spiro atoms. The second-order valence-electron chi connectivity index (χ2n) is 9.16. The van der Waals surface area contributed by atoms with E-state index in [2.05, 4.69) is 10.6 Å². The van der Waals surface area contributed by atoms with Gasteiger partial charge in [0, 0.05) is 23.6 Å². The molecule has 1 aliphatic carbocycles. The minimum Gasteiger partial charge on any atom is -0.467 e. The minimum absolute atomic E-state index is 0.336. The summed E-state index contributed by atoms with van der Waals surface area (Å²) in [6, 6.07) is 16.5. The van der Waals surface area contributed by atoms with Gasteiger partial charge in [0.2, 0.25) is 0 Å². The van der Waals surface area contributed by atoms with Crippen molar-refractivity contribution in [2.45, 2.75) is 25.3 Å². The lowest BCUT2D eigenvalue weighted by atomic mass is 9.95. The van der Waals surface area contributed by atoms with Crippen molar-refractivity contribution in [3.05, 3.63) is 83.2 Å². The first-order chi connectivity index (χ1) is 17.8. The highest BCUT2D eigenvalue weighted by Crippen LogP contribution is 2.38.